The Morgan fingerprint density at radius 1 is 0.821 bits per heavy atom. The van der Waals surface area contributed by atoms with Crippen molar-refractivity contribution < 1.29 is 13.2 Å². The fourth-order valence-electron chi connectivity index (χ4n) is 3.55. The van der Waals surface area contributed by atoms with Crippen molar-refractivity contribution in [2.45, 2.75) is 18.7 Å². The molecule has 1 heterocycles. The second-order valence-corrected chi connectivity index (χ2v) is 8.58. The van der Waals surface area contributed by atoms with E-state index < -0.39 is 10.0 Å². The van der Waals surface area contributed by atoms with Crippen LogP contribution in [0.25, 0.3) is 22.0 Å². The fourth-order valence-corrected chi connectivity index (χ4v) is 5.05. The molecule has 0 saturated carbocycles. The minimum atomic E-state index is -3.94. The zero-order valence-electron chi connectivity index (χ0n) is 15.6. The first kappa shape index (κ1) is 18.2. The van der Waals surface area contributed by atoms with Gasteiger partial charge in [-0.05, 0) is 43.2 Å². The van der Waals surface area contributed by atoms with Crippen molar-refractivity contribution in [3.63, 3.8) is 0 Å². The summed E-state index contributed by atoms with van der Waals surface area (Å²) in [6.45, 7) is 3.85. The molecule has 0 bridgehead atoms. The molecule has 0 amide bonds. The first-order valence-electron chi connectivity index (χ1n) is 8.92. The van der Waals surface area contributed by atoms with E-state index in [0.717, 1.165) is 22.1 Å². The highest BCUT2D eigenvalue weighted by atomic mass is 32.2. The van der Waals surface area contributed by atoms with Gasteiger partial charge < -0.3 is 0 Å². The zero-order chi connectivity index (χ0) is 19.9. The highest BCUT2D eigenvalue weighted by Gasteiger charge is 2.27. The fraction of sp³-hybridized carbons (Fsp3) is 0.0870. The molecule has 0 aliphatic rings. The monoisotopic (exact) mass is 389 g/mol. The standard InChI is InChI=1S/C23H19NO3S/c1-16-11-13-18(14-12-16)28(26,27)24-21-10-6-5-9-20(21)23(22(24)15-25)19-8-4-3-7-17(19)2/h3-15H,1-2H3. The maximum absolute atomic E-state index is 13.5. The summed E-state index contributed by atoms with van der Waals surface area (Å²) in [6.07, 6.45) is 0.632. The topological polar surface area (TPSA) is 56.1 Å². The molecular weight excluding hydrogens is 370 g/mol. The van der Waals surface area contributed by atoms with Gasteiger partial charge in [0.25, 0.3) is 10.0 Å². The molecule has 28 heavy (non-hydrogen) atoms. The van der Waals surface area contributed by atoms with Crippen molar-refractivity contribution in [2.75, 3.05) is 0 Å². The lowest BCUT2D eigenvalue weighted by atomic mass is 9.98. The molecule has 0 radical (unpaired) electrons. The quantitative estimate of drug-likeness (QED) is 0.463. The molecule has 1 aromatic heterocycles. The Morgan fingerprint density at radius 2 is 1.46 bits per heavy atom. The molecule has 4 nitrogen and oxygen atoms in total. The maximum Gasteiger partial charge on any atom is 0.268 e. The largest absolute Gasteiger partial charge is 0.296 e. The van der Waals surface area contributed by atoms with Gasteiger partial charge in [0.15, 0.2) is 6.29 Å². The van der Waals surface area contributed by atoms with Crippen molar-refractivity contribution in [3.05, 3.63) is 89.6 Å². The number of aromatic nitrogens is 1. The molecule has 0 saturated heterocycles. The van der Waals surface area contributed by atoms with Gasteiger partial charge in [-0.25, -0.2) is 12.4 Å². The third kappa shape index (κ3) is 2.75. The van der Waals surface area contributed by atoms with Crippen molar-refractivity contribution in [2.24, 2.45) is 0 Å². The third-order valence-corrected chi connectivity index (χ3v) is 6.69. The van der Waals surface area contributed by atoms with E-state index in [9.17, 15) is 13.2 Å². The summed E-state index contributed by atoms with van der Waals surface area (Å²) < 4.78 is 28.1. The van der Waals surface area contributed by atoms with Crippen LogP contribution in [0, 0.1) is 13.8 Å². The molecule has 0 N–H and O–H groups in total. The molecule has 3 aromatic carbocycles. The second-order valence-electron chi connectivity index (χ2n) is 6.79. The van der Waals surface area contributed by atoms with Gasteiger partial charge in [0.05, 0.1) is 10.4 Å². The van der Waals surface area contributed by atoms with Crippen LogP contribution in [0.3, 0.4) is 0 Å². The normalized spacial score (nSPS) is 11.6. The number of para-hydroxylation sites is 1. The zero-order valence-corrected chi connectivity index (χ0v) is 16.4. The molecule has 140 valence electrons. The van der Waals surface area contributed by atoms with Gasteiger partial charge in [-0.3, -0.25) is 4.79 Å². The smallest absolute Gasteiger partial charge is 0.268 e. The number of carbonyl (C=O) groups excluding carboxylic acids is 1. The number of fused-ring (bicyclic) bond motifs is 1. The van der Waals surface area contributed by atoms with E-state index in [1.807, 2.05) is 50.2 Å². The predicted molar refractivity (Wildman–Crippen MR) is 111 cm³/mol. The first-order valence-corrected chi connectivity index (χ1v) is 10.4. The Bertz CT molecular complexity index is 1300. The number of carbonyl (C=O) groups is 1. The van der Waals surface area contributed by atoms with Crippen molar-refractivity contribution in [3.8, 4) is 11.1 Å². The van der Waals surface area contributed by atoms with Crippen LogP contribution in [0.1, 0.15) is 21.6 Å². The summed E-state index contributed by atoms with van der Waals surface area (Å²) in [7, 11) is -3.94. The molecular formula is C23H19NO3S. The minimum absolute atomic E-state index is 0.135. The van der Waals surface area contributed by atoms with Crippen LogP contribution in [-0.4, -0.2) is 18.7 Å². The second kappa shape index (κ2) is 6.77. The summed E-state index contributed by atoms with van der Waals surface area (Å²) in [4.78, 5) is 12.3. The van der Waals surface area contributed by atoms with Gasteiger partial charge >= 0.3 is 0 Å². The molecule has 0 unspecified atom stereocenters. The van der Waals surface area contributed by atoms with Gasteiger partial charge in [0, 0.05) is 10.9 Å². The van der Waals surface area contributed by atoms with E-state index in [0.29, 0.717) is 17.4 Å². The molecule has 0 spiro atoms. The predicted octanol–water partition coefficient (Wildman–Crippen LogP) is 4.97. The molecule has 0 aliphatic carbocycles. The van der Waals surface area contributed by atoms with Crippen molar-refractivity contribution in [1.29, 1.82) is 0 Å². The van der Waals surface area contributed by atoms with Crippen LogP contribution in [0.15, 0.2) is 77.7 Å². The summed E-state index contributed by atoms with van der Waals surface area (Å²) >= 11 is 0. The van der Waals surface area contributed by atoms with E-state index in [1.165, 1.54) is 3.97 Å². The maximum atomic E-state index is 13.5. The molecule has 0 fully saturated rings. The SMILES string of the molecule is Cc1ccc(S(=O)(=O)n2c(C=O)c(-c3ccccc3C)c3ccccc32)cc1. The number of hydrogen-bond acceptors (Lipinski definition) is 3. The van der Waals surface area contributed by atoms with Crippen LogP contribution in [0.2, 0.25) is 0 Å². The van der Waals surface area contributed by atoms with Crippen LogP contribution >= 0.6 is 0 Å². The molecule has 5 heteroatoms. The molecule has 4 aromatic rings. The first-order chi connectivity index (χ1) is 13.4. The van der Waals surface area contributed by atoms with Crippen LogP contribution < -0.4 is 0 Å². The Kier molecular flexibility index (Phi) is 4.40. The van der Waals surface area contributed by atoms with Gasteiger partial charge in [-0.1, -0.05) is 60.2 Å². The highest BCUT2D eigenvalue weighted by molar-refractivity contribution is 7.90. The van der Waals surface area contributed by atoms with E-state index in [2.05, 4.69) is 0 Å². The third-order valence-electron chi connectivity index (χ3n) is 4.95. The van der Waals surface area contributed by atoms with Gasteiger partial charge in [-0.15, -0.1) is 0 Å². The average molecular weight is 389 g/mol. The summed E-state index contributed by atoms with van der Waals surface area (Å²) in [5.41, 5.74) is 4.05. The van der Waals surface area contributed by atoms with Crippen LogP contribution in [-0.2, 0) is 10.0 Å². The number of aryl methyl sites for hydroxylation is 2. The van der Waals surface area contributed by atoms with E-state index in [4.69, 9.17) is 0 Å². The number of benzene rings is 3. The molecule has 4 rings (SSSR count). The van der Waals surface area contributed by atoms with E-state index in [-0.39, 0.29) is 10.6 Å². The lowest BCUT2D eigenvalue weighted by Gasteiger charge is -2.10. The van der Waals surface area contributed by atoms with Crippen molar-refractivity contribution >= 4 is 27.2 Å². The number of aldehydes is 1. The van der Waals surface area contributed by atoms with Crippen molar-refractivity contribution in [1.82, 2.24) is 3.97 Å². The average Bonchev–Trinajstić information content (AvgIpc) is 3.03. The highest BCUT2D eigenvalue weighted by Crippen LogP contribution is 2.37. The van der Waals surface area contributed by atoms with Gasteiger partial charge in [-0.2, -0.15) is 0 Å². The Hall–Kier alpha value is -3.18. The number of nitrogens with zero attached hydrogens (tertiary/aromatic N) is 1. The molecule has 0 aliphatic heterocycles. The number of rotatable bonds is 4. The van der Waals surface area contributed by atoms with Gasteiger partial charge in [0.1, 0.15) is 5.69 Å². The van der Waals surface area contributed by atoms with Crippen LogP contribution in [0.5, 0.6) is 0 Å². The minimum Gasteiger partial charge on any atom is -0.296 e. The summed E-state index contributed by atoms with van der Waals surface area (Å²) in [5, 5.41) is 0.731. The Labute approximate surface area is 164 Å². The molecule has 0 atom stereocenters. The summed E-state index contributed by atoms with van der Waals surface area (Å²) in [6, 6.07) is 21.5. The van der Waals surface area contributed by atoms with Crippen LogP contribution in [0.4, 0.5) is 0 Å². The Balaban J connectivity index is 2.12. The lowest BCUT2D eigenvalue weighted by Crippen LogP contribution is -2.15. The van der Waals surface area contributed by atoms with E-state index >= 15 is 0 Å². The van der Waals surface area contributed by atoms with Gasteiger partial charge in [0.2, 0.25) is 0 Å². The lowest BCUT2D eigenvalue weighted by molar-refractivity contribution is 0.111. The Morgan fingerprint density at radius 3 is 2.14 bits per heavy atom. The van der Waals surface area contributed by atoms with E-state index in [1.54, 1.807) is 36.4 Å². The number of hydrogen-bond donors (Lipinski definition) is 0. The summed E-state index contributed by atoms with van der Waals surface area (Å²) in [5.74, 6) is 0.